The van der Waals surface area contributed by atoms with E-state index >= 15 is 0 Å². The molecule has 3 N–H and O–H groups in total. The first-order chi connectivity index (χ1) is 8.61. The first-order valence-electron chi connectivity index (χ1n) is 7.15. The zero-order valence-electron chi connectivity index (χ0n) is 11.7. The Labute approximate surface area is 111 Å². The number of nitrogens with two attached hydrogens (primary N) is 1. The molecule has 1 aromatic rings. The van der Waals surface area contributed by atoms with Gasteiger partial charge in [-0.1, -0.05) is 44.9 Å². The molecule has 1 atom stereocenters. The van der Waals surface area contributed by atoms with Crippen molar-refractivity contribution in [1.29, 1.82) is 0 Å². The highest BCUT2D eigenvalue weighted by Gasteiger charge is 2.27. The van der Waals surface area contributed by atoms with Gasteiger partial charge < -0.3 is 5.43 Å². The molecule has 1 aliphatic carbocycles. The third-order valence-electron chi connectivity index (χ3n) is 4.30. The molecule has 0 amide bonds. The molecule has 0 spiro atoms. The van der Waals surface area contributed by atoms with Gasteiger partial charge in [-0.15, -0.1) is 0 Å². The summed E-state index contributed by atoms with van der Waals surface area (Å²) >= 11 is 0. The lowest BCUT2D eigenvalue weighted by atomic mass is 9.71. The van der Waals surface area contributed by atoms with Gasteiger partial charge >= 0.3 is 0 Å². The summed E-state index contributed by atoms with van der Waals surface area (Å²) in [5.41, 5.74) is 5.78. The highest BCUT2D eigenvalue weighted by Crippen LogP contribution is 2.40. The zero-order chi connectivity index (χ0) is 13.0. The minimum absolute atomic E-state index is 0.550. The maximum Gasteiger partial charge on any atom is 0.0517 e. The Morgan fingerprint density at radius 1 is 1.33 bits per heavy atom. The van der Waals surface area contributed by atoms with Crippen molar-refractivity contribution in [3.8, 4) is 0 Å². The van der Waals surface area contributed by atoms with Gasteiger partial charge in [-0.05, 0) is 48.6 Å². The summed E-state index contributed by atoms with van der Waals surface area (Å²) in [7, 11) is 0. The third-order valence-corrected chi connectivity index (χ3v) is 4.30. The SMILES string of the molecule is CC1(C)CCCC(CCc2ccccc2NN)C1. The van der Waals surface area contributed by atoms with E-state index in [-0.39, 0.29) is 0 Å². The van der Waals surface area contributed by atoms with Crippen LogP contribution in [0.25, 0.3) is 0 Å². The van der Waals surface area contributed by atoms with E-state index < -0.39 is 0 Å². The standard InChI is InChI=1S/C16H26N2/c1-16(2)11-5-6-13(12-16)9-10-14-7-3-4-8-15(14)18-17/h3-4,7-8,13,18H,5-6,9-12,17H2,1-2H3. The maximum absolute atomic E-state index is 5.55. The van der Waals surface area contributed by atoms with Gasteiger partial charge in [0.05, 0.1) is 5.69 Å². The minimum atomic E-state index is 0.550. The molecule has 1 aromatic carbocycles. The number of hydrogen-bond donors (Lipinski definition) is 2. The van der Waals surface area contributed by atoms with Crippen LogP contribution in [-0.2, 0) is 6.42 Å². The molecule has 0 heterocycles. The highest BCUT2D eigenvalue weighted by molar-refractivity contribution is 5.49. The van der Waals surface area contributed by atoms with E-state index in [1.165, 1.54) is 37.7 Å². The second kappa shape index (κ2) is 5.75. The Kier molecular flexibility index (Phi) is 4.28. The number of rotatable bonds is 4. The van der Waals surface area contributed by atoms with Crippen LogP contribution in [0.5, 0.6) is 0 Å². The Morgan fingerprint density at radius 3 is 2.83 bits per heavy atom. The predicted octanol–water partition coefficient (Wildman–Crippen LogP) is 4.12. The van der Waals surface area contributed by atoms with Crippen LogP contribution >= 0.6 is 0 Å². The summed E-state index contributed by atoms with van der Waals surface area (Å²) in [4.78, 5) is 0. The lowest BCUT2D eigenvalue weighted by Gasteiger charge is -2.35. The van der Waals surface area contributed by atoms with Gasteiger partial charge in [0.2, 0.25) is 0 Å². The average Bonchev–Trinajstić information content (AvgIpc) is 2.35. The van der Waals surface area contributed by atoms with Crippen molar-refractivity contribution in [2.75, 3.05) is 5.43 Å². The van der Waals surface area contributed by atoms with Crippen molar-refractivity contribution in [3.05, 3.63) is 29.8 Å². The summed E-state index contributed by atoms with van der Waals surface area (Å²) < 4.78 is 0. The van der Waals surface area contributed by atoms with Crippen molar-refractivity contribution < 1.29 is 0 Å². The number of aryl methyl sites for hydroxylation is 1. The second-order valence-corrected chi connectivity index (χ2v) is 6.47. The minimum Gasteiger partial charge on any atom is -0.324 e. The van der Waals surface area contributed by atoms with E-state index in [1.807, 2.05) is 6.07 Å². The molecule has 1 fully saturated rings. The summed E-state index contributed by atoms with van der Waals surface area (Å²) in [5.74, 6) is 6.44. The summed E-state index contributed by atoms with van der Waals surface area (Å²) in [6.07, 6.45) is 8.01. The largest absolute Gasteiger partial charge is 0.324 e. The van der Waals surface area contributed by atoms with Crippen LogP contribution in [0.1, 0.15) is 51.5 Å². The fourth-order valence-electron chi connectivity index (χ4n) is 3.34. The van der Waals surface area contributed by atoms with Crippen LogP contribution in [0, 0.1) is 11.3 Å². The number of para-hydroxylation sites is 1. The number of nitrogens with one attached hydrogen (secondary N) is 1. The zero-order valence-corrected chi connectivity index (χ0v) is 11.7. The number of hydrazine groups is 1. The Hall–Kier alpha value is -1.02. The van der Waals surface area contributed by atoms with Crippen molar-refractivity contribution in [2.45, 2.75) is 52.4 Å². The average molecular weight is 246 g/mol. The monoisotopic (exact) mass is 246 g/mol. The topological polar surface area (TPSA) is 38.0 Å². The molecule has 18 heavy (non-hydrogen) atoms. The predicted molar refractivity (Wildman–Crippen MR) is 78.3 cm³/mol. The summed E-state index contributed by atoms with van der Waals surface area (Å²) in [5, 5.41) is 0. The van der Waals surface area contributed by atoms with Crippen LogP contribution in [-0.4, -0.2) is 0 Å². The number of anilines is 1. The van der Waals surface area contributed by atoms with Crippen molar-refractivity contribution in [2.24, 2.45) is 17.2 Å². The molecule has 2 rings (SSSR count). The van der Waals surface area contributed by atoms with Gasteiger partial charge in [0, 0.05) is 0 Å². The van der Waals surface area contributed by atoms with Crippen LogP contribution < -0.4 is 11.3 Å². The molecule has 0 bridgehead atoms. The van der Waals surface area contributed by atoms with E-state index in [0.29, 0.717) is 5.41 Å². The van der Waals surface area contributed by atoms with E-state index in [9.17, 15) is 0 Å². The number of hydrogen-bond acceptors (Lipinski definition) is 2. The molecule has 1 unspecified atom stereocenters. The maximum atomic E-state index is 5.55. The van der Waals surface area contributed by atoms with Crippen molar-refractivity contribution >= 4 is 5.69 Å². The molecule has 2 heteroatoms. The second-order valence-electron chi connectivity index (χ2n) is 6.47. The van der Waals surface area contributed by atoms with Gasteiger partial charge in [0.25, 0.3) is 0 Å². The molecule has 0 aliphatic heterocycles. The van der Waals surface area contributed by atoms with E-state index in [2.05, 4.69) is 37.5 Å². The van der Waals surface area contributed by atoms with E-state index in [4.69, 9.17) is 5.84 Å². The Balaban J connectivity index is 1.91. The number of benzene rings is 1. The fourth-order valence-corrected chi connectivity index (χ4v) is 3.34. The molecule has 1 aliphatic rings. The molecular weight excluding hydrogens is 220 g/mol. The smallest absolute Gasteiger partial charge is 0.0517 e. The molecule has 0 saturated heterocycles. The Bertz CT molecular complexity index is 384. The van der Waals surface area contributed by atoms with Crippen molar-refractivity contribution in [1.82, 2.24) is 0 Å². The molecule has 2 nitrogen and oxygen atoms in total. The van der Waals surface area contributed by atoms with Gasteiger partial charge in [-0.2, -0.15) is 0 Å². The van der Waals surface area contributed by atoms with Crippen LogP contribution in [0.15, 0.2) is 24.3 Å². The van der Waals surface area contributed by atoms with Crippen molar-refractivity contribution in [3.63, 3.8) is 0 Å². The molecule has 100 valence electrons. The van der Waals surface area contributed by atoms with Gasteiger partial charge in [-0.3, -0.25) is 5.84 Å². The molecular formula is C16H26N2. The number of nitrogen functional groups attached to an aromatic ring is 1. The molecule has 0 radical (unpaired) electrons. The third kappa shape index (κ3) is 3.49. The first kappa shape index (κ1) is 13.4. The van der Waals surface area contributed by atoms with E-state index in [0.717, 1.165) is 18.0 Å². The molecule has 1 saturated carbocycles. The van der Waals surface area contributed by atoms with Gasteiger partial charge in [0.15, 0.2) is 0 Å². The summed E-state index contributed by atoms with van der Waals surface area (Å²) in [6, 6.07) is 8.37. The van der Waals surface area contributed by atoms with Crippen LogP contribution in [0.4, 0.5) is 5.69 Å². The fraction of sp³-hybridized carbons (Fsp3) is 0.625. The Morgan fingerprint density at radius 2 is 2.11 bits per heavy atom. The van der Waals surface area contributed by atoms with Gasteiger partial charge in [0.1, 0.15) is 0 Å². The van der Waals surface area contributed by atoms with Gasteiger partial charge in [-0.25, -0.2) is 0 Å². The lowest BCUT2D eigenvalue weighted by molar-refractivity contribution is 0.173. The lowest BCUT2D eigenvalue weighted by Crippen LogP contribution is -2.23. The van der Waals surface area contributed by atoms with Crippen LogP contribution in [0.3, 0.4) is 0 Å². The van der Waals surface area contributed by atoms with E-state index in [1.54, 1.807) is 0 Å². The van der Waals surface area contributed by atoms with Crippen LogP contribution in [0.2, 0.25) is 0 Å². The molecule has 0 aromatic heterocycles. The quantitative estimate of drug-likeness (QED) is 0.619. The first-order valence-corrected chi connectivity index (χ1v) is 7.15. The normalized spacial score (nSPS) is 22.7. The highest BCUT2D eigenvalue weighted by atomic mass is 15.2. The summed E-state index contributed by atoms with van der Waals surface area (Å²) in [6.45, 7) is 4.82.